The number of amides is 1. The smallest absolute Gasteiger partial charge is 0.261 e. The van der Waals surface area contributed by atoms with Gasteiger partial charge in [0, 0.05) is 17.6 Å². The van der Waals surface area contributed by atoms with E-state index in [4.69, 9.17) is 4.74 Å². The number of thiazole rings is 1. The van der Waals surface area contributed by atoms with Gasteiger partial charge in [0.1, 0.15) is 5.75 Å². The first kappa shape index (κ1) is 18.9. The van der Waals surface area contributed by atoms with Crippen molar-refractivity contribution in [2.24, 2.45) is 0 Å². The normalized spacial score (nSPS) is 11.0. The summed E-state index contributed by atoms with van der Waals surface area (Å²) in [5, 5.41) is 4.79. The lowest BCUT2D eigenvalue weighted by molar-refractivity contribution is 0.102. The van der Waals surface area contributed by atoms with Gasteiger partial charge in [0.25, 0.3) is 15.9 Å². The lowest BCUT2D eigenvalue weighted by Crippen LogP contribution is -2.18. The summed E-state index contributed by atoms with van der Waals surface area (Å²) in [5.74, 6) is -0.0587. The molecule has 0 aliphatic rings. The molecule has 1 aromatic heterocycles. The molecule has 0 saturated carbocycles. The topological polar surface area (TPSA) is 97.4 Å². The molecule has 1 heterocycles. The Morgan fingerprint density at radius 2 is 1.89 bits per heavy atom. The Bertz CT molecular complexity index is 1050. The largest absolute Gasteiger partial charge is 0.497 e. The van der Waals surface area contributed by atoms with E-state index in [9.17, 15) is 13.2 Å². The summed E-state index contributed by atoms with van der Waals surface area (Å²) in [4.78, 5) is 16.7. The van der Waals surface area contributed by atoms with Gasteiger partial charge in [-0.3, -0.25) is 14.8 Å². The molecule has 3 aromatic rings. The van der Waals surface area contributed by atoms with Crippen LogP contribution in [0, 0.1) is 6.92 Å². The number of hydrogen-bond acceptors (Lipinski definition) is 6. The molecule has 0 atom stereocenters. The highest BCUT2D eigenvalue weighted by Gasteiger charge is 2.20. The number of benzene rings is 2. The quantitative estimate of drug-likeness (QED) is 0.656. The zero-order chi connectivity index (χ0) is 19.4. The van der Waals surface area contributed by atoms with Crippen molar-refractivity contribution < 1.29 is 17.9 Å². The summed E-state index contributed by atoms with van der Waals surface area (Å²) < 4.78 is 33.0. The van der Waals surface area contributed by atoms with Crippen LogP contribution in [-0.4, -0.2) is 26.4 Å². The predicted molar refractivity (Wildman–Crippen MR) is 105 cm³/mol. The van der Waals surface area contributed by atoms with Crippen molar-refractivity contribution >= 4 is 38.1 Å². The monoisotopic (exact) mass is 403 g/mol. The molecule has 0 aliphatic heterocycles. The first-order valence-electron chi connectivity index (χ1n) is 7.87. The highest BCUT2D eigenvalue weighted by molar-refractivity contribution is 7.92. The van der Waals surface area contributed by atoms with Crippen LogP contribution in [0.5, 0.6) is 5.75 Å². The molecule has 2 N–H and O–H groups in total. The fourth-order valence-electron chi connectivity index (χ4n) is 2.30. The van der Waals surface area contributed by atoms with Crippen molar-refractivity contribution in [1.29, 1.82) is 0 Å². The van der Waals surface area contributed by atoms with Gasteiger partial charge in [-0.1, -0.05) is 17.7 Å². The third-order valence-electron chi connectivity index (χ3n) is 3.70. The molecule has 140 valence electrons. The number of anilines is 2. The van der Waals surface area contributed by atoms with E-state index in [1.807, 2.05) is 6.92 Å². The number of nitrogens with zero attached hydrogens (tertiary/aromatic N) is 1. The van der Waals surface area contributed by atoms with Crippen molar-refractivity contribution in [3.63, 3.8) is 0 Å². The Hall–Kier alpha value is -2.91. The van der Waals surface area contributed by atoms with Crippen LogP contribution in [0.15, 0.2) is 58.9 Å². The van der Waals surface area contributed by atoms with Gasteiger partial charge < -0.3 is 4.74 Å². The van der Waals surface area contributed by atoms with Gasteiger partial charge in [-0.25, -0.2) is 13.4 Å². The van der Waals surface area contributed by atoms with Gasteiger partial charge in [0.15, 0.2) is 5.13 Å². The molecule has 1 amide bonds. The maximum atomic E-state index is 12.7. The molecule has 0 unspecified atom stereocenters. The van der Waals surface area contributed by atoms with Gasteiger partial charge in [-0.2, -0.15) is 0 Å². The van der Waals surface area contributed by atoms with E-state index in [2.05, 4.69) is 15.0 Å². The first-order valence-corrected chi connectivity index (χ1v) is 10.2. The third kappa shape index (κ3) is 4.44. The first-order chi connectivity index (χ1) is 12.9. The lowest BCUT2D eigenvalue weighted by atomic mass is 10.1. The number of ether oxygens (including phenoxy) is 1. The molecule has 0 bridgehead atoms. The number of methoxy groups -OCH3 is 1. The molecular formula is C18H17N3O4S2. The minimum atomic E-state index is -3.87. The zero-order valence-electron chi connectivity index (χ0n) is 14.6. The molecule has 0 fully saturated rings. The lowest BCUT2D eigenvalue weighted by Gasteiger charge is -2.14. The van der Waals surface area contributed by atoms with Crippen molar-refractivity contribution in [1.82, 2.24) is 4.98 Å². The molecule has 3 rings (SSSR count). The molecule has 2 aromatic carbocycles. The number of hydrogen-bond donors (Lipinski definition) is 2. The summed E-state index contributed by atoms with van der Waals surface area (Å²) >= 11 is 1.26. The van der Waals surface area contributed by atoms with Gasteiger partial charge >= 0.3 is 0 Å². The van der Waals surface area contributed by atoms with Crippen LogP contribution in [-0.2, 0) is 10.0 Å². The van der Waals surface area contributed by atoms with Gasteiger partial charge in [-0.15, -0.1) is 11.3 Å². The number of carbonyl (C=O) groups excluding carboxylic acids is 1. The fourth-order valence-corrected chi connectivity index (χ4v) is 3.90. The Labute approximate surface area is 161 Å². The molecule has 0 radical (unpaired) electrons. The van der Waals surface area contributed by atoms with E-state index in [1.165, 1.54) is 42.7 Å². The van der Waals surface area contributed by atoms with E-state index in [1.54, 1.807) is 29.8 Å². The highest BCUT2D eigenvalue weighted by Crippen LogP contribution is 2.26. The zero-order valence-corrected chi connectivity index (χ0v) is 16.2. The maximum absolute atomic E-state index is 12.7. The number of aromatic nitrogens is 1. The molecular weight excluding hydrogens is 386 g/mol. The van der Waals surface area contributed by atoms with Crippen molar-refractivity contribution in [2.45, 2.75) is 11.8 Å². The summed E-state index contributed by atoms with van der Waals surface area (Å²) in [5.41, 5.74) is 1.21. The van der Waals surface area contributed by atoms with Gasteiger partial charge in [0.05, 0.1) is 23.3 Å². The fraction of sp³-hybridized carbons (Fsp3) is 0.111. The molecule has 7 nitrogen and oxygen atoms in total. The average molecular weight is 403 g/mol. The summed E-state index contributed by atoms with van der Waals surface area (Å²) in [6.07, 6.45) is 1.56. The van der Waals surface area contributed by atoms with Gasteiger partial charge in [0.2, 0.25) is 0 Å². The number of sulfonamides is 1. The Morgan fingerprint density at radius 1 is 1.15 bits per heavy atom. The van der Waals surface area contributed by atoms with Crippen LogP contribution in [0.25, 0.3) is 0 Å². The molecule has 0 spiro atoms. The van der Waals surface area contributed by atoms with Gasteiger partial charge in [-0.05, 0) is 31.2 Å². The van der Waals surface area contributed by atoms with Crippen LogP contribution in [0.1, 0.15) is 15.9 Å². The van der Waals surface area contributed by atoms with E-state index < -0.39 is 15.9 Å². The highest BCUT2D eigenvalue weighted by atomic mass is 32.2. The SMILES string of the molecule is COc1ccc(C(=O)Nc2nccs2)c(NS(=O)(=O)c2ccc(C)cc2)c1. The standard InChI is InChI=1S/C18H17N3O4S2/c1-12-3-6-14(7-4-12)27(23,24)21-16-11-13(25-2)5-8-15(16)17(22)20-18-19-9-10-26-18/h3-11,21H,1-2H3,(H,19,20,22). The predicted octanol–water partition coefficient (Wildman–Crippen LogP) is 3.51. The Morgan fingerprint density at radius 3 is 2.52 bits per heavy atom. The van der Waals surface area contributed by atoms with Crippen LogP contribution in [0.4, 0.5) is 10.8 Å². The van der Waals surface area contributed by atoms with E-state index in [0.29, 0.717) is 10.9 Å². The Kier molecular flexibility index (Phi) is 5.43. The minimum absolute atomic E-state index is 0.0993. The Balaban J connectivity index is 1.95. The molecule has 27 heavy (non-hydrogen) atoms. The average Bonchev–Trinajstić information content (AvgIpc) is 3.14. The van der Waals surface area contributed by atoms with Crippen LogP contribution in [0.2, 0.25) is 0 Å². The third-order valence-corrected chi connectivity index (χ3v) is 5.77. The summed E-state index contributed by atoms with van der Waals surface area (Å²) in [6, 6.07) is 11.0. The molecule has 0 saturated heterocycles. The maximum Gasteiger partial charge on any atom is 0.261 e. The number of nitrogens with one attached hydrogen (secondary N) is 2. The second kappa shape index (κ2) is 7.77. The number of aryl methyl sites for hydroxylation is 1. The molecule has 0 aliphatic carbocycles. The molecule has 9 heteroatoms. The number of rotatable bonds is 6. The van der Waals surface area contributed by atoms with Crippen LogP contribution >= 0.6 is 11.3 Å². The summed E-state index contributed by atoms with van der Waals surface area (Å²) in [7, 11) is -2.41. The summed E-state index contributed by atoms with van der Waals surface area (Å²) in [6.45, 7) is 1.87. The minimum Gasteiger partial charge on any atom is -0.497 e. The second-order valence-corrected chi connectivity index (χ2v) is 8.20. The van der Waals surface area contributed by atoms with E-state index >= 15 is 0 Å². The van der Waals surface area contributed by atoms with Crippen molar-refractivity contribution in [3.05, 3.63) is 65.2 Å². The van der Waals surface area contributed by atoms with Crippen LogP contribution in [0.3, 0.4) is 0 Å². The number of carbonyl (C=O) groups is 1. The second-order valence-electron chi connectivity index (χ2n) is 5.62. The van der Waals surface area contributed by atoms with E-state index in [0.717, 1.165) is 5.56 Å². The van der Waals surface area contributed by atoms with E-state index in [-0.39, 0.29) is 16.1 Å². The van der Waals surface area contributed by atoms with Crippen molar-refractivity contribution in [2.75, 3.05) is 17.1 Å². The van der Waals surface area contributed by atoms with Crippen LogP contribution < -0.4 is 14.8 Å². The van der Waals surface area contributed by atoms with Crippen molar-refractivity contribution in [3.8, 4) is 5.75 Å².